The van der Waals surface area contributed by atoms with Crippen molar-refractivity contribution in [3.8, 4) is 0 Å². The van der Waals surface area contributed by atoms with Gasteiger partial charge < -0.3 is 14.7 Å². The average Bonchev–Trinajstić information content (AvgIpc) is 2.95. The molecule has 1 aliphatic rings. The number of amides is 1. The Kier molecular flexibility index (Phi) is 5.96. The van der Waals surface area contributed by atoms with Gasteiger partial charge >= 0.3 is 0 Å². The summed E-state index contributed by atoms with van der Waals surface area (Å²) in [7, 11) is 0. The first-order valence-corrected chi connectivity index (χ1v) is 9.74. The zero-order valence-corrected chi connectivity index (χ0v) is 15.5. The van der Waals surface area contributed by atoms with Crippen molar-refractivity contribution in [1.29, 1.82) is 0 Å². The van der Waals surface area contributed by atoms with Crippen LogP contribution < -0.4 is 10.2 Å². The number of rotatable bonds is 6. The van der Waals surface area contributed by atoms with Gasteiger partial charge in [0.15, 0.2) is 0 Å². The molecule has 1 amide bonds. The van der Waals surface area contributed by atoms with Crippen LogP contribution in [0.4, 0.5) is 5.82 Å². The number of carbonyl (C=O) groups is 1. The molecule has 0 unspecified atom stereocenters. The summed E-state index contributed by atoms with van der Waals surface area (Å²) >= 11 is 1.60. The topological polar surface area (TPSA) is 71.3 Å². The van der Waals surface area contributed by atoms with Crippen molar-refractivity contribution < 1.29 is 9.32 Å². The van der Waals surface area contributed by atoms with Crippen LogP contribution in [-0.2, 0) is 10.5 Å². The molecule has 0 radical (unpaired) electrons. The molecule has 6 nitrogen and oxygen atoms in total. The summed E-state index contributed by atoms with van der Waals surface area (Å²) in [4.78, 5) is 18.8. The lowest BCUT2D eigenvalue weighted by Gasteiger charge is -2.33. The van der Waals surface area contributed by atoms with Crippen molar-refractivity contribution in [2.75, 3.05) is 23.7 Å². The van der Waals surface area contributed by atoms with E-state index in [2.05, 4.69) is 20.4 Å². The lowest BCUT2D eigenvalue weighted by Crippen LogP contribution is -2.45. The summed E-state index contributed by atoms with van der Waals surface area (Å²) in [5.74, 6) is 3.18. The van der Waals surface area contributed by atoms with Crippen LogP contribution in [0, 0.1) is 13.8 Å². The minimum absolute atomic E-state index is 0.105. The van der Waals surface area contributed by atoms with Gasteiger partial charge in [-0.05, 0) is 38.8 Å². The van der Waals surface area contributed by atoms with Crippen LogP contribution in [0.3, 0.4) is 0 Å². The van der Waals surface area contributed by atoms with Crippen molar-refractivity contribution in [1.82, 2.24) is 15.5 Å². The third-order valence-electron chi connectivity index (χ3n) is 4.49. The summed E-state index contributed by atoms with van der Waals surface area (Å²) < 4.78 is 5.15. The molecule has 0 saturated carbocycles. The third-order valence-corrected chi connectivity index (χ3v) is 5.45. The van der Waals surface area contributed by atoms with Gasteiger partial charge in [0, 0.05) is 36.6 Å². The molecule has 2 aromatic rings. The van der Waals surface area contributed by atoms with Crippen molar-refractivity contribution in [2.24, 2.45) is 0 Å². The third kappa shape index (κ3) is 4.75. The SMILES string of the molecule is Cc1noc(C)c1CSCC(=O)NC1CCN(c2ccccn2)CC1. The van der Waals surface area contributed by atoms with Crippen LogP contribution in [0.15, 0.2) is 28.9 Å². The first kappa shape index (κ1) is 17.8. The fourth-order valence-corrected chi connectivity index (χ4v) is 4.00. The van der Waals surface area contributed by atoms with Gasteiger partial charge in [0.05, 0.1) is 11.4 Å². The molecule has 3 rings (SSSR count). The van der Waals surface area contributed by atoms with Crippen LogP contribution in [0.25, 0.3) is 0 Å². The van der Waals surface area contributed by atoms with E-state index in [9.17, 15) is 4.79 Å². The Morgan fingerprint density at radius 1 is 1.36 bits per heavy atom. The zero-order valence-electron chi connectivity index (χ0n) is 14.7. The maximum Gasteiger partial charge on any atom is 0.230 e. The van der Waals surface area contributed by atoms with Gasteiger partial charge in [0.2, 0.25) is 5.91 Å². The van der Waals surface area contributed by atoms with Gasteiger partial charge in [-0.25, -0.2) is 4.98 Å². The van der Waals surface area contributed by atoms with Crippen LogP contribution in [0.1, 0.15) is 29.9 Å². The number of pyridine rings is 1. The number of hydrogen-bond donors (Lipinski definition) is 1. The number of piperidine rings is 1. The largest absolute Gasteiger partial charge is 0.361 e. The quantitative estimate of drug-likeness (QED) is 0.854. The molecule has 0 aromatic carbocycles. The fraction of sp³-hybridized carbons (Fsp3) is 0.500. The number of thioether (sulfide) groups is 1. The van der Waals surface area contributed by atoms with Gasteiger partial charge in [-0.2, -0.15) is 0 Å². The summed E-state index contributed by atoms with van der Waals surface area (Å²) in [5, 5.41) is 7.10. The summed E-state index contributed by atoms with van der Waals surface area (Å²) in [6.45, 7) is 5.69. The minimum Gasteiger partial charge on any atom is -0.361 e. The number of nitrogens with zero attached hydrogens (tertiary/aromatic N) is 3. The second kappa shape index (κ2) is 8.38. The molecular formula is C18H24N4O2S. The van der Waals surface area contributed by atoms with E-state index in [0.29, 0.717) is 5.75 Å². The number of nitrogens with one attached hydrogen (secondary N) is 1. The number of aromatic nitrogens is 2. The Hall–Kier alpha value is -2.02. The monoisotopic (exact) mass is 360 g/mol. The normalized spacial score (nSPS) is 15.4. The number of aryl methyl sites for hydroxylation is 2. The Bertz CT molecular complexity index is 677. The lowest BCUT2D eigenvalue weighted by molar-refractivity contribution is -0.119. The number of carbonyl (C=O) groups excluding carboxylic acids is 1. The highest BCUT2D eigenvalue weighted by atomic mass is 32.2. The number of anilines is 1. The van der Waals surface area contributed by atoms with Crippen LogP contribution >= 0.6 is 11.8 Å². The van der Waals surface area contributed by atoms with Crippen molar-refractivity contribution in [3.05, 3.63) is 41.4 Å². The molecular weight excluding hydrogens is 336 g/mol. The van der Waals surface area contributed by atoms with E-state index in [1.807, 2.05) is 38.2 Å². The van der Waals surface area contributed by atoms with E-state index in [1.165, 1.54) is 0 Å². The first-order chi connectivity index (χ1) is 12.1. The highest BCUT2D eigenvalue weighted by Crippen LogP contribution is 2.20. The minimum atomic E-state index is 0.105. The van der Waals surface area contributed by atoms with Gasteiger partial charge in [0.1, 0.15) is 11.6 Å². The van der Waals surface area contributed by atoms with E-state index in [-0.39, 0.29) is 11.9 Å². The molecule has 0 atom stereocenters. The molecule has 134 valence electrons. The predicted molar refractivity (Wildman–Crippen MR) is 99.8 cm³/mol. The maximum absolute atomic E-state index is 12.2. The smallest absolute Gasteiger partial charge is 0.230 e. The van der Waals surface area contributed by atoms with Crippen molar-refractivity contribution in [2.45, 2.75) is 38.5 Å². The van der Waals surface area contributed by atoms with Crippen LogP contribution in [0.2, 0.25) is 0 Å². The summed E-state index contributed by atoms with van der Waals surface area (Å²) in [6.07, 6.45) is 3.73. The van der Waals surface area contributed by atoms with E-state index >= 15 is 0 Å². The molecule has 1 N–H and O–H groups in total. The first-order valence-electron chi connectivity index (χ1n) is 8.58. The van der Waals surface area contributed by atoms with E-state index in [4.69, 9.17) is 4.52 Å². The van der Waals surface area contributed by atoms with Gasteiger partial charge in [-0.15, -0.1) is 11.8 Å². The van der Waals surface area contributed by atoms with Gasteiger partial charge in [-0.3, -0.25) is 4.79 Å². The molecule has 7 heteroatoms. The maximum atomic E-state index is 12.2. The molecule has 1 aliphatic heterocycles. The van der Waals surface area contributed by atoms with Crippen LogP contribution in [-0.4, -0.2) is 40.9 Å². The van der Waals surface area contributed by atoms with E-state index in [0.717, 1.165) is 54.5 Å². The van der Waals surface area contributed by atoms with E-state index < -0.39 is 0 Å². The van der Waals surface area contributed by atoms with Gasteiger partial charge in [0.25, 0.3) is 0 Å². The lowest BCUT2D eigenvalue weighted by atomic mass is 10.1. The molecule has 0 aliphatic carbocycles. The van der Waals surface area contributed by atoms with E-state index in [1.54, 1.807) is 11.8 Å². The van der Waals surface area contributed by atoms with Crippen molar-refractivity contribution >= 4 is 23.5 Å². The second-order valence-corrected chi connectivity index (χ2v) is 7.30. The molecule has 3 heterocycles. The summed E-state index contributed by atoms with van der Waals surface area (Å²) in [5.41, 5.74) is 2.01. The highest BCUT2D eigenvalue weighted by molar-refractivity contribution is 7.99. The Morgan fingerprint density at radius 2 is 2.16 bits per heavy atom. The molecule has 0 bridgehead atoms. The highest BCUT2D eigenvalue weighted by Gasteiger charge is 2.21. The Morgan fingerprint density at radius 3 is 2.80 bits per heavy atom. The van der Waals surface area contributed by atoms with Gasteiger partial charge in [-0.1, -0.05) is 11.2 Å². The Labute approximate surface area is 152 Å². The molecule has 25 heavy (non-hydrogen) atoms. The molecule has 2 aromatic heterocycles. The number of hydrogen-bond acceptors (Lipinski definition) is 6. The fourth-order valence-electron chi connectivity index (χ4n) is 3.02. The predicted octanol–water partition coefficient (Wildman–Crippen LogP) is 2.70. The molecule has 1 saturated heterocycles. The second-order valence-electron chi connectivity index (χ2n) is 6.31. The van der Waals surface area contributed by atoms with Crippen molar-refractivity contribution in [3.63, 3.8) is 0 Å². The Balaban J connectivity index is 1.38. The van der Waals surface area contributed by atoms with Crippen LogP contribution in [0.5, 0.6) is 0 Å². The zero-order chi connectivity index (χ0) is 17.6. The molecule has 0 spiro atoms. The average molecular weight is 360 g/mol. The summed E-state index contributed by atoms with van der Waals surface area (Å²) in [6, 6.07) is 6.22. The standard InChI is InChI=1S/C18H24N4O2S/c1-13-16(14(2)24-21-13)11-25-12-18(23)20-15-6-9-22(10-7-15)17-5-3-4-8-19-17/h3-5,8,15H,6-7,9-12H2,1-2H3,(H,20,23). The molecule has 1 fully saturated rings.